The standard InChI is InChI=1S/C32H61N3O3/c1-31(2,3)29(37)27(35-32(4,5)6)22-17-19-24-33-28(36)23-16-13-18-25-34-30(38)26-20-14-11-9-7-8-10-12-15-21-26/h26-27,35H,7-25H2,1-6H3,(H,33,36)(H,34,38)/t27-/m0/s1. The average molecular weight is 536 g/mol. The number of ketones is 1. The largest absolute Gasteiger partial charge is 0.356 e. The van der Waals surface area contributed by atoms with Crippen LogP contribution in [0, 0.1) is 11.3 Å². The topological polar surface area (TPSA) is 87.3 Å². The van der Waals surface area contributed by atoms with Gasteiger partial charge in [0, 0.05) is 36.4 Å². The highest BCUT2D eigenvalue weighted by Gasteiger charge is 2.31. The summed E-state index contributed by atoms with van der Waals surface area (Å²) in [6.45, 7) is 13.6. The summed E-state index contributed by atoms with van der Waals surface area (Å²) in [5.41, 5.74) is -0.483. The lowest BCUT2D eigenvalue weighted by atomic mass is 9.84. The monoisotopic (exact) mass is 535 g/mol. The second-order valence-corrected chi connectivity index (χ2v) is 13.6. The summed E-state index contributed by atoms with van der Waals surface area (Å²) in [5.74, 6) is 0.774. The first-order chi connectivity index (χ1) is 17.9. The van der Waals surface area contributed by atoms with Crippen molar-refractivity contribution in [3.8, 4) is 0 Å². The predicted octanol–water partition coefficient (Wildman–Crippen LogP) is 6.85. The Balaban J connectivity index is 2.16. The van der Waals surface area contributed by atoms with Crippen LogP contribution < -0.4 is 16.0 Å². The minimum atomic E-state index is -0.368. The van der Waals surface area contributed by atoms with Crippen LogP contribution in [0.4, 0.5) is 0 Å². The Hall–Kier alpha value is -1.43. The number of hydrogen-bond donors (Lipinski definition) is 3. The van der Waals surface area contributed by atoms with Crippen LogP contribution in [0.25, 0.3) is 0 Å². The maximum absolute atomic E-state index is 12.8. The van der Waals surface area contributed by atoms with Gasteiger partial charge in [-0.3, -0.25) is 14.4 Å². The zero-order valence-corrected chi connectivity index (χ0v) is 25.8. The fourth-order valence-corrected chi connectivity index (χ4v) is 5.30. The number of carbonyl (C=O) groups excluding carboxylic acids is 3. The maximum Gasteiger partial charge on any atom is 0.223 e. The minimum Gasteiger partial charge on any atom is -0.356 e. The van der Waals surface area contributed by atoms with Gasteiger partial charge in [0.05, 0.1) is 6.04 Å². The van der Waals surface area contributed by atoms with E-state index in [0.29, 0.717) is 19.5 Å². The Bertz CT molecular complexity index is 666. The number of carbonyl (C=O) groups is 3. The van der Waals surface area contributed by atoms with E-state index in [2.05, 4.69) is 36.7 Å². The lowest BCUT2D eigenvalue weighted by Crippen LogP contribution is -2.50. The molecule has 6 heteroatoms. The van der Waals surface area contributed by atoms with Crippen molar-refractivity contribution in [3.63, 3.8) is 0 Å². The lowest BCUT2D eigenvalue weighted by Gasteiger charge is -2.31. The molecule has 6 nitrogen and oxygen atoms in total. The summed E-state index contributed by atoms with van der Waals surface area (Å²) in [4.78, 5) is 37.7. The summed E-state index contributed by atoms with van der Waals surface area (Å²) in [6.07, 6.45) is 18.1. The fraction of sp³-hybridized carbons (Fsp3) is 0.906. The summed E-state index contributed by atoms with van der Waals surface area (Å²) in [5, 5.41) is 9.67. The van der Waals surface area contributed by atoms with Gasteiger partial charge in [0.1, 0.15) is 0 Å². The van der Waals surface area contributed by atoms with Crippen molar-refractivity contribution in [3.05, 3.63) is 0 Å². The van der Waals surface area contributed by atoms with Crippen molar-refractivity contribution >= 4 is 17.6 Å². The molecule has 222 valence electrons. The van der Waals surface area contributed by atoms with Crippen LogP contribution in [-0.4, -0.2) is 42.3 Å². The van der Waals surface area contributed by atoms with Gasteiger partial charge >= 0.3 is 0 Å². The van der Waals surface area contributed by atoms with E-state index in [4.69, 9.17) is 0 Å². The summed E-state index contributed by atoms with van der Waals surface area (Å²) in [7, 11) is 0. The Morgan fingerprint density at radius 1 is 0.684 bits per heavy atom. The maximum atomic E-state index is 12.8. The zero-order valence-electron chi connectivity index (χ0n) is 25.8. The van der Waals surface area contributed by atoms with Crippen LogP contribution in [-0.2, 0) is 14.4 Å². The molecule has 3 N–H and O–H groups in total. The molecule has 0 aliphatic heterocycles. The van der Waals surface area contributed by atoms with Gasteiger partial charge in [-0.2, -0.15) is 0 Å². The molecule has 1 aliphatic carbocycles. The Labute approximate surface area is 234 Å². The summed E-state index contributed by atoms with van der Waals surface area (Å²) < 4.78 is 0. The Morgan fingerprint density at radius 2 is 1.21 bits per heavy atom. The number of amides is 2. The van der Waals surface area contributed by atoms with E-state index < -0.39 is 0 Å². The number of hydrogen-bond acceptors (Lipinski definition) is 4. The number of Topliss-reactive ketones (excluding diaryl/α,β-unsaturated/α-hetero) is 1. The van der Waals surface area contributed by atoms with Crippen molar-refractivity contribution in [2.45, 2.75) is 162 Å². The molecule has 0 spiro atoms. The lowest BCUT2D eigenvalue weighted by molar-refractivity contribution is -0.129. The van der Waals surface area contributed by atoms with Crippen molar-refractivity contribution in [2.75, 3.05) is 13.1 Å². The molecule has 0 bridgehead atoms. The van der Waals surface area contributed by atoms with Crippen LogP contribution in [0.3, 0.4) is 0 Å². The highest BCUT2D eigenvalue weighted by Crippen LogP contribution is 2.22. The van der Waals surface area contributed by atoms with Crippen LogP contribution >= 0.6 is 0 Å². The van der Waals surface area contributed by atoms with Gasteiger partial charge in [-0.1, -0.05) is 78.6 Å². The third-order valence-corrected chi connectivity index (χ3v) is 7.51. The number of rotatable bonds is 14. The Morgan fingerprint density at radius 3 is 1.76 bits per heavy atom. The van der Waals surface area contributed by atoms with Gasteiger partial charge in [-0.25, -0.2) is 0 Å². The van der Waals surface area contributed by atoms with Crippen LogP contribution in [0.2, 0.25) is 0 Å². The number of unbranched alkanes of at least 4 members (excludes halogenated alkanes) is 3. The molecule has 2 amide bonds. The molecule has 0 radical (unpaired) electrons. The molecule has 0 aromatic rings. The molecular weight excluding hydrogens is 474 g/mol. The molecule has 0 aromatic carbocycles. The highest BCUT2D eigenvalue weighted by atomic mass is 16.2. The van der Waals surface area contributed by atoms with E-state index >= 15 is 0 Å². The molecule has 1 saturated carbocycles. The van der Waals surface area contributed by atoms with Crippen molar-refractivity contribution in [1.82, 2.24) is 16.0 Å². The second-order valence-electron chi connectivity index (χ2n) is 13.6. The third kappa shape index (κ3) is 17.2. The molecule has 1 atom stereocenters. The van der Waals surface area contributed by atoms with Crippen molar-refractivity contribution in [2.24, 2.45) is 11.3 Å². The van der Waals surface area contributed by atoms with Crippen LogP contribution in [0.1, 0.15) is 151 Å². The molecule has 1 fully saturated rings. The summed E-state index contributed by atoms with van der Waals surface area (Å²) >= 11 is 0. The van der Waals surface area contributed by atoms with E-state index in [-0.39, 0.29) is 40.5 Å². The molecule has 0 aromatic heterocycles. The van der Waals surface area contributed by atoms with E-state index in [9.17, 15) is 14.4 Å². The smallest absolute Gasteiger partial charge is 0.223 e. The van der Waals surface area contributed by atoms with Crippen molar-refractivity contribution in [1.29, 1.82) is 0 Å². The minimum absolute atomic E-state index is 0.0987. The summed E-state index contributed by atoms with van der Waals surface area (Å²) in [6, 6.07) is -0.156. The van der Waals surface area contributed by atoms with Gasteiger partial charge < -0.3 is 16.0 Å². The normalized spacial score (nSPS) is 17.3. The highest BCUT2D eigenvalue weighted by molar-refractivity contribution is 5.88. The van der Waals surface area contributed by atoms with Crippen molar-refractivity contribution < 1.29 is 14.4 Å². The van der Waals surface area contributed by atoms with E-state index in [1.807, 2.05) is 20.8 Å². The second kappa shape index (κ2) is 18.8. The van der Waals surface area contributed by atoms with Gasteiger partial charge in [0.2, 0.25) is 11.8 Å². The SMILES string of the molecule is CC(C)(C)N[C@@H](CCCCNC(=O)CCCCCNC(=O)C1CCCCCCCCCC1)C(=O)C(C)(C)C. The molecule has 1 rings (SSSR count). The Kier molecular flexibility index (Phi) is 17.1. The zero-order chi connectivity index (χ0) is 28.4. The first-order valence-electron chi connectivity index (χ1n) is 15.8. The molecular formula is C32H61N3O3. The van der Waals surface area contributed by atoms with Crippen LogP contribution in [0.15, 0.2) is 0 Å². The van der Waals surface area contributed by atoms with E-state index in [0.717, 1.165) is 51.4 Å². The molecule has 38 heavy (non-hydrogen) atoms. The van der Waals surface area contributed by atoms with Gasteiger partial charge in [-0.15, -0.1) is 0 Å². The average Bonchev–Trinajstić information content (AvgIpc) is 2.89. The van der Waals surface area contributed by atoms with Gasteiger partial charge in [-0.05, 0) is 65.7 Å². The van der Waals surface area contributed by atoms with E-state index in [1.54, 1.807) is 0 Å². The first kappa shape index (κ1) is 34.6. The third-order valence-electron chi connectivity index (χ3n) is 7.51. The fourth-order valence-electron chi connectivity index (χ4n) is 5.30. The molecule has 0 unspecified atom stereocenters. The van der Waals surface area contributed by atoms with E-state index in [1.165, 1.54) is 51.4 Å². The number of nitrogens with one attached hydrogen (secondary N) is 3. The van der Waals surface area contributed by atoms with Gasteiger partial charge in [0.25, 0.3) is 0 Å². The van der Waals surface area contributed by atoms with Gasteiger partial charge in [0.15, 0.2) is 5.78 Å². The quantitative estimate of drug-likeness (QED) is 0.212. The first-order valence-corrected chi connectivity index (χ1v) is 15.8. The van der Waals surface area contributed by atoms with Crippen LogP contribution in [0.5, 0.6) is 0 Å². The molecule has 1 aliphatic rings. The predicted molar refractivity (Wildman–Crippen MR) is 159 cm³/mol. The molecule has 0 heterocycles. The molecule has 0 saturated heterocycles.